The molecular formula is C104H176N16O8. The lowest BCUT2D eigenvalue weighted by atomic mass is 9.80. The fraction of sp³-hybridized carbons (Fsp3) is 0.923. The highest BCUT2D eigenvalue weighted by atomic mass is 16.2. The van der Waals surface area contributed by atoms with Crippen LogP contribution < -0.4 is 42.5 Å². The predicted octanol–water partition coefficient (Wildman–Crippen LogP) is 16.7. The fourth-order valence-electron chi connectivity index (χ4n) is 36.2. The van der Waals surface area contributed by atoms with Gasteiger partial charge in [0.2, 0.25) is 0 Å². The Labute approximate surface area is 771 Å². The maximum absolute atomic E-state index is 11.7. The number of nitrogens with one attached hydrogen (secondary N) is 8. The number of urea groups is 8. The van der Waals surface area contributed by atoms with Gasteiger partial charge in [-0.25, -0.2) is 38.4 Å². The summed E-state index contributed by atoms with van der Waals surface area (Å²) in [5.41, 5.74) is 0. The second-order valence-corrected chi connectivity index (χ2v) is 48.8. The molecule has 24 aliphatic carbocycles. The van der Waals surface area contributed by atoms with Gasteiger partial charge in [0.15, 0.2) is 0 Å². The summed E-state index contributed by atoms with van der Waals surface area (Å²) >= 11 is 0. The second-order valence-electron chi connectivity index (χ2n) is 48.8. The van der Waals surface area contributed by atoms with E-state index in [9.17, 15) is 38.4 Å². The minimum Gasteiger partial charge on any atom is -0.335 e. The standard InChI is InChI=1S/8C13H22N2O/c8*1-15(2)13(16)14-11-6-5-10-8-3-4-9(7-8)12(10)11/h8*8-12H,3-7H2,1-2H3,(H,14,16). The van der Waals surface area contributed by atoms with Crippen molar-refractivity contribution in [3.63, 3.8) is 0 Å². The molecule has 128 heavy (non-hydrogen) atoms. The van der Waals surface area contributed by atoms with Crippen LogP contribution in [0.4, 0.5) is 38.4 Å². The van der Waals surface area contributed by atoms with Crippen LogP contribution in [0.15, 0.2) is 0 Å². The van der Waals surface area contributed by atoms with E-state index in [2.05, 4.69) is 42.5 Å². The van der Waals surface area contributed by atoms with Crippen LogP contribution >= 0.6 is 0 Å². The van der Waals surface area contributed by atoms with Crippen molar-refractivity contribution in [3.8, 4) is 0 Å². The lowest BCUT2D eigenvalue weighted by molar-refractivity contribution is 0.193. The second kappa shape index (κ2) is 39.6. The summed E-state index contributed by atoms with van der Waals surface area (Å²) in [5, 5.41) is 25.8. The highest BCUT2D eigenvalue weighted by Crippen LogP contribution is 2.66. The molecular weight excluding hydrogens is 1600 g/mol. The van der Waals surface area contributed by atoms with E-state index in [0.29, 0.717) is 48.3 Å². The van der Waals surface area contributed by atoms with Gasteiger partial charge in [-0.15, -0.1) is 0 Å². The maximum Gasteiger partial charge on any atom is 0.317 e. The van der Waals surface area contributed by atoms with E-state index in [1.165, 1.54) is 257 Å². The fourth-order valence-corrected chi connectivity index (χ4v) is 36.2. The third kappa shape index (κ3) is 19.2. The number of hydrogen-bond acceptors (Lipinski definition) is 8. The summed E-state index contributed by atoms with van der Waals surface area (Å²) in [4.78, 5) is 107. The zero-order chi connectivity index (χ0) is 90.3. The molecule has 8 N–H and O–H groups in total. The smallest absolute Gasteiger partial charge is 0.317 e. The lowest BCUT2D eigenvalue weighted by Crippen LogP contribution is -2.45. The summed E-state index contributed by atoms with van der Waals surface area (Å²) in [5.74, 6) is 29.3. The summed E-state index contributed by atoms with van der Waals surface area (Å²) in [6, 6.07) is 4.47. The molecule has 24 nitrogen and oxygen atoms in total. The largest absolute Gasteiger partial charge is 0.335 e. The molecule has 24 fully saturated rings. The molecule has 40 unspecified atom stereocenters. The Bertz CT molecular complexity index is 3140. The number of rotatable bonds is 8. The number of carbonyl (C=O) groups is 8. The molecule has 0 aromatic carbocycles. The van der Waals surface area contributed by atoms with Gasteiger partial charge in [-0.2, -0.15) is 0 Å². The molecule has 0 aliphatic heterocycles. The van der Waals surface area contributed by atoms with E-state index < -0.39 is 0 Å². The van der Waals surface area contributed by atoms with Crippen molar-refractivity contribution in [3.05, 3.63) is 0 Å². The first-order valence-corrected chi connectivity index (χ1v) is 53.1. The third-order valence-electron chi connectivity index (χ3n) is 41.2. The van der Waals surface area contributed by atoms with E-state index in [1.807, 2.05) is 113 Å². The Morgan fingerprint density at radius 3 is 0.328 bits per heavy atom. The quantitative estimate of drug-likeness (QED) is 0.116. The Morgan fingerprint density at radius 2 is 0.234 bits per heavy atom. The average molecular weight is 1780 g/mol. The van der Waals surface area contributed by atoms with Crippen molar-refractivity contribution >= 4 is 48.2 Å². The average Bonchev–Trinajstić information content (AvgIpc) is 1.65. The van der Waals surface area contributed by atoms with Crippen LogP contribution in [0, 0.1) is 189 Å². The molecule has 24 rings (SSSR count). The molecule has 16 bridgehead atoms. The zero-order valence-electron chi connectivity index (χ0n) is 82.2. The van der Waals surface area contributed by atoms with Crippen LogP contribution in [-0.2, 0) is 0 Å². The Hall–Kier alpha value is -5.84. The minimum absolute atomic E-state index is 0.0911. The van der Waals surface area contributed by atoms with Gasteiger partial charge in [0.1, 0.15) is 0 Å². The van der Waals surface area contributed by atoms with E-state index >= 15 is 0 Å². The monoisotopic (exact) mass is 1780 g/mol. The van der Waals surface area contributed by atoms with Gasteiger partial charge in [-0.3, -0.25) is 0 Å². The van der Waals surface area contributed by atoms with E-state index in [4.69, 9.17) is 0 Å². The van der Waals surface area contributed by atoms with Crippen molar-refractivity contribution in [2.24, 2.45) is 189 Å². The normalized spacial score (nSPS) is 44.5. The molecule has 24 saturated carbocycles. The number of carbonyl (C=O) groups excluding carboxylic acids is 8. The first-order chi connectivity index (χ1) is 61.3. The van der Waals surface area contributed by atoms with Gasteiger partial charge < -0.3 is 81.7 Å². The van der Waals surface area contributed by atoms with Crippen molar-refractivity contribution in [2.45, 2.75) is 305 Å². The molecule has 0 heterocycles. The number of nitrogens with zero attached hydrogens (tertiary/aromatic N) is 8. The van der Waals surface area contributed by atoms with E-state index in [1.54, 1.807) is 39.2 Å². The van der Waals surface area contributed by atoms with Gasteiger partial charge in [0, 0.05) is 161 Å². The number of hydrogen-bond donors (Lipinski definition) is 8. The Morgan fingerprint density at radius 1 is 0.141 bits per heavy atom. The predicted molar refractivity (Wildman–Crippen MR) is 504 cm³/mol. The van der Waals surface area contributed by atoms with Gasteiger partial charge in [0.25, 0.3) is 0 Å². The molecule has 0 aromatic rings. The van der Waals surface area contributed by atoms with E-state index in [0.717, 1.165) is 189 Å². The van der Waals surface area contributed by atoms with Gasteiger partial charge in [-0.05, 0) is 446 Å². The summed E-state index contributed by atoms with van der Waals surface area (Å²) in [6.45, 7) is 0. The van der Waals surface area contributed by atoms with Gasteiger partial charge >= 0.3 is 48.2 Å². The SMILES string of the molecule is CN(C)C(=O)NC1CCC2C3CCC(C3)C12.CN(C)C(=O)NC1CCC2C3CCC(C3)C12.CN(C)C(=O)NC1CCC2C3CCC(C3)C12.CN(C)C(=O)NC1CCC2C3CCC(C3)C12.CN(C)C(=O)NC1CCC2C3CCC(C3)C12.CN(C)C(=O)NC1CCC2C3CCC(C3)C12.CN(C)C(=O)NC1CCC2C3CCC(C3)C12.CN(C)C(=O)NC1CCC2C3CCC(C3)C12. The summed E-state index contributed by atoms with van der Waals surface area (Å²) < 4.78 is 0. The van der Waals surface area contributed by atoms with Crippen molar-refractivity contribution < 1.29 is 38.4 Å². The molecule has 0 radical (unpaired) electrons. The Kier molecular flexibility index (Phi) is 29.1. The molecule has 24 aliphatic rings. The topological polar surface area (TPSA) is 259 Å². The maximum atomic E-state index is 11.7. The summed E-state index contributed by atoms with van der Waals surface area (Å²) in [6.07, 6.45) is 55.1. The molecule has 24 heteroatoms. The van der Waals surface area contributed by atoms with Crippen LogP contribution in [0.5, 0.6) is 0 Å². The molecule has 16 amide bonds. The highest BCUT2D eigenvalue weighted by molar-refractivity contribution is 5.77. The van der Waals surface area contributed by atoms with Crippen molar-refractivity contribution in [2.75, 3.05) is 113 Å². The minimum atomic E-state index is 0.0911. The van der Waals surface area contributed by atoms with Crippen LogP contribution in [0.25, 0.3) is 0 Å². The van der Waals surface area contributed by atoms with Crippen molar-refractivity contribution in [1.29, 1.82) is 0 Å². The third-order valence-corrected chi connectivity index (χ3v) is 41.2. The summed E-state index contributed by atoms with van der Waals surface area (Å²) in [7, 11) is 29.2. The molecule has 720 valence electrons. The molecule has 0 saturated heterocycles. The zero-order valence-corrected chi connectivity index (χ0v) is 82.2. The lowest BCUT2D eigenvalue weighted by Gasteiger charge is -2.30. The molecule has 0 spiro atoms. The van der Waals surface area contributed by atoms with Gasteiger partial charge in [0.05, 0.1) is 0 Å². The number of amides is 16. The molecule has 40 atom stereocenters. The first-order valence-electron chi connectivity index (χ1n) is 53.1. The van der Waals surface area contributed by atoms with Crippen LogP contribution in [0.3, 0.4) is 0 Å². The van der Waals surface area contributed by atoms with Crippen LogP contribution in [0.2, 0.25) is 0 Å². The van der Waals surface area contributed by atoms with Crippen LogP contribution in [-0.4, -0.2) is 249 Å². The van der Waals surface area contributed by atoms with Gasteiger partial charge in [-0.1, -0.05) is 0 Å². The highest BCUT2D eigenvalue weighted by Gasteiger charge is 2.61. The Balaban J connectivity index is 0.000000103. The van der Waals surface area contributed by atoms with Crippen LogP contribution in [0.1, 0.15) is 257 Å². The first kappa shape index (κ1) is 93.9. The molecule has 0 aromatic heterocycles. The number of fused-ring (bicyclic) bond motifs is 40. The van der Waals surface area contributed by atoms with Crippen molar-refractivity contribution in [1.82, 2.24) is 81.7 Å². The van der Waals surface area contributed by atoms with E-state index in [-0.39, 0.29) is 48.2 Å².